The molecule has 1 saturated heterocycles. The van der Waals surface area contributed by atoms with Crippen LogP contribution in [0.25, 0.3) is 11.5 Å². The van der Waals surface area contributed by atoms with Gasteiger partial charge >= 0.3 is 6.01 Å². The van der Waals surface area contributed by atoms with Gasteiger partial charge in [-0.2, -0.15) is 0 Å². The predicted molar refractivity (Wildman–Crippen MR) is 102 cm³/mol. The maximum Gasteiger partial charge on any atom is 0.318 e. The molecule has 24 heavy (non-hydrogen) atoms. The summed E-state index contributed by atoms with van der Waals surface area (Å²) in [6.45, 7) is 16.1. The van der Waals surface area contributed by atoms with Gasteiger partial charge in [-0.3, -0.25) is 0 Å². The molecule has 0 spiro atoms. The fourth-order valence-corrected chi connectivity index (χ4v) is 2.50. The Morgan fingerprint density at radius 3 is 2.12 bits per heavy atom. The molecular formula is C19H32N4O. The van der Waals surface area contributed by atoms with Crippen molar-refractivity contribution in [3.05, 3.63) is 29.3 Å². The maximum absolute atomic E-state index is 5.85. The van der Waals surface area contributed by atoms with Gasteiger partial charge in [0.1, 0.15) is 0 Å². The van der Waals surface area contributed by atoms with Crippen LogP contribution in [0.5, 0.6) is 0 Å². The molecule has 0 aliphatic carbocycles. The highest BCUT2D eigenvalue weighted by Gasteiger charge is 2.20. The van der Waals surface area contributed by atoms with Gasteiger partial charge in [-0.15, -0.1) is 5.10 Å². The number of nitrogens with zero attached hydrogens (tertiary/aromatic N) is 4. The Kier molecular flexibility index (Phi) is 8.47. The average molecular weight is 332 g/mol. The van der Waals surface area contributed by atoms with Crippen LogP contribution < -0.4 is 4.90 Å². The minimum Gasteiger partial charge on any atom is -0.403 e. The zero-order valence-electron chi connectivity index (χ0n) is 16.3. The van der Waals surface area contributed by atoms with Gasteiger partial charge in [-0.05, 0) is 32.5 Å². The summed E-state index contributed by atoms with van der Waals surface area (Å²) < 4.78 is 5.85. The van der Waals surface area contributed by atoms with Crippen molar-refractivity contribution in [3.8, 4) is 11.5 Å². The van der Waals surface area contributed by atoms with Gasteiger partial charge in [0.15, 0.2) is 0 Å². The van der Waals surface area contributed by atoms with Gasteiger partial charge in [0.05, 0.1) is 0 Å². The second-order valence-corrected chi connectivity index (χ2v) is 5.50. The Balaban J connectivity index is 0.000000671. The Bertz CT molecular complexity index is 601. The lowest BCUT2D eigenvalue weighted by molar-refractivity contribution is 0.305. The van der Waals surface area contributed by atoms with Crippen LogP contribution in [-0.2, 0) is 0 Å². The van der Waals surface area contributed by atoms with Crippen molar-refractivity contribution < 1.29 is 4.42 Å². The summed E-state index contributed by atoms with van der Waals surface area (Å²) >= 11 is 0. The molecule has 2 heterocycles. The third-order valence-corrected chi connectivity index (χ3v) is 3.80. The number of piperazine rings is 1. The van der Waals surface area contributed by atoms with Crippen LogP contribution in [-0.4, -0.2) is 48.3 Å². The molecule has 1 aliphatic heterocycles. The molecule has 134 valence electrons. The SMILES string of the molecule is CC.CC.Cc1ccc(-c2nnc(N3CCN(C)CC3)o2)c(C)c1. The first-order chi connectivity index (χ1) is 11.6. The fraction of sp³-hybridized carbons (Fsp3) is 0.579. The molecule has 0 unspecified atom stereocenters. The van der Waals surface area contributed by atoms with Crippen LogP contribution in [0.2, 0.25) is 0 Å². The lowest BCUT2D eigenvalue weighted by Crippen LogP contribution is -2.44. The standard InChI is InChI=1S/C15H20N4O.2C2H6/c1-11-4-5-13(12(2)10-11)14-16-17-15(20-14)19-8-6-18(3)7-9-19;2*1-2/h4-5,10H,6-9H2,1-3H3;2*1-2H3. The molecule has 0 amide bonds. The van der Waals surface area contributed by atoms with E-state index in [-0.39, 0.29) is 0 Å². The quantitative estimate of drug-likeness (QED) is 0.826. The summed E-state index contributed by atoms with van der Waals surface area (Å²) in [6, 6.07) is 6.89. The van der Waals surface area contributed by atoms with E-state index in [1.807, 2.05) is 33.8 Å². The zero-order valence-corrected chi connectivity index (χ0v) is 16.3. The largest absolute Gasteiger partial charge is 0.403 e. The van der Waals surface area contributed by atoms with Crippen LogP contribution in [0.1, 0.15) is 38.8 Å². The van der Waals surface area contributed by atoms with Crippen LogP contribution in [0.4, 0.5) is 6.01 Å². The molecular weight excluding hydrogens is 300 g/mol. The summed E-state index contributed by atoms with van der Waals surface area (Å²) in [6.07, 6.45) is 0. The molecule has 1 aromatic heterocycles. The molecule has 0 saturated carbocycles. The van der Waals surface area contributed by atoms with E-state index >= 15 is 0 Å². The molecule has 0 bridgehead atoms. The minimum atomic E-state index is 0.608. The van der Waals surface area contributed by atoms with E-state index in [2.05, 4.69) is 53.0 Å². The second kappa shape index (κ2) is 10.1. The van der Waals surface area contributed by atoms with Crippen molar-refractivity contribution in [2.24, 2.45) is 0 Å². The molecule has 0 radical (unpaired) electrons. The smallest absolute Gasteiger partial charge is 0.318 e. The van der Waals surface area contributed by atoms with Crippen molar-refractivity contribution in [1.29, 1.82) is 0 Å². The van der Waals surface area contributed by atoms with Crippen LogP contribution >= 0.6 is 0 Å². The Hall–Kier alpha value is -1.88. The van der Waals surface area contributed by atoms with E-state index in [1.54, 1.807) is 0 Å². The lowest BCUT2D eigenvalue weighted by atomic mass is 10.1. The topological polar surface area (TPSA) is 45.4 Å². The van der Waals surface area contributed by atoms with Gasteiger partial charge in [-0.1, -0.05) is 50.5 Å². The number of rotatable bonds is 2. The van der Waals surface area contributed by atoms with Gasteiger partial charge in [-0.25, -0.2) is 0 Å². The number of aromatic nitrogens is 2. The van der Waals surface area contributed by atoms with Gasteiger partial charge in [0, 0.05) is 31.7 Å². The number of hydrogen-bond acceptors (Lipinski definition) is 5. The Morgan fingerprint density at radius 1 is 0.917 bits per heavy atom. The van der Waals surface area contributed by atoms with Crippen molar-refractivity contribution in [2.75, 3.05) is 38.1 Å². The third-order valence-electron chi connectivity index (χ3n) is 3.80. The predicted octanol–water partition coefficient (Wildman–Crippen LogP) is 4.16. The first kappa shape index (κ1) is 20.2. The summed E-state index contributed by atoms with van der Waals surface area (Å²) in [4.78, 5) is 4.46. The molecule has 0 atom stereocenters. The van der Waals surface area contributed by atoms with Gasteiger partial charge in [0.25, 0.3) is 0 Å². The first-order valence-electron chi connectivity index (χ1n) is 8.98. The number of hydrogen-bond donors (Lipinski definition) is 0. The molecule has 5 heteroatoms. The summed E-state index contributed by atoms with van der Waals surface area (Å²) in [5.74, 6) is 0.608. The molecule has 0 N–H and O–H groups in total. The van der Waals surface area contributed by atoms with E-state index in [0.717, 1.165) is 31.7 Å². The highest BCUT2D eigenvalue weighted by atomic mass is 16.4. The monoisotopic (exact) mass is 332 g/mol. The van der Waals surface area contributed by atoms with E-state index in [0.29, 0.717) is 11.9 Å². The highest BCUT2D eigenvalue weighted by Crippen LogP contribution is 2.25. The van der Waals surface area contributed by atoms with E-state index in [1.165, 1.54) is 11.1 Å². The van der Waals surface area contributed by atoms with Crippen LogP contribution in [0, 0.1) is 13.8 Å². The van der Waals surface area contributed by atoms with Crippen molar-refractivity contribution >= 4 is 6.01 Å². The van der Waals surface area contributed by atoms with E-state index < -0.39 is 0 Å². The number of anilines is 1. The summed E-state index contributed by atoms with van der Waals surface area (Å²) in [5.41, 5.74) is 3.42. The van der Waals surface area contributed by atoms with E-state index in [9.17, 15) is 0 Å². The molecule has 1 fully saturated rings. The molecule has 2 aromatic rings. The van der Waals surface area contributed by atoms with Crippen molar-refractivity contribution in [2.45, 2.75) is 41.5 Å². The Morgan fingerprint density at radius 2 is 1.54 bits per heavy atom. The fourth-order valence-electron chi connectivity index (χ4n) is 2.50. The highest BCUT2D eigenvalue weighted by molar-refractivity contribution is 5.59. The minimum absolute atomic E-state index is 0.608. The van der Waals surface area contributed by atoms with E-state index in [4.69, 9.17) is 4.42 Å². The summed E-state index contributed by atoms with van der Waals surface area (Å²) in [5, 5.41) is 8.39. The van der Waals surface area contributed by atoms with Crippen molar-refractivity contribution in [3.63, 3.8) is 0 Å². The number of likely N-dealkylation sites (N-methyl/N-ethyl adjacent to an activating group) is 1. The molecule has 3 rings (SSSR count). The Labute approximate surface area is 146 Å². The first-order valence-corrected chi connectivity index (χ1v) is 8.98. The molecule has 1 aromatic carbocycles. The van der Waals surface area contributed by atoms with Crippen molar-refractivity contribution in [1.82, 2.24) is 15.1 Å². The third kappa shape index (κ3) is 5.06. The molecule has 1 aliphatic rings. The van der Waals surface area contributed by atoms with Gasteiger partial charge < -0.3 is 14.2 Å². The van der Waals surface area contributed by atoms with Crippen LogP contribution in [0.15, 0.2) is 22.6 Å². The second-order valence-electron chi connectivity index (χ2n) is 5.50. The summed E-state index contributed by atoms with van der Waals surface area (Å²) in [7, 11) is 2.13. The maximum atomic E-state index is 5.85. The number of benzene rings is 1. The van der Waals surface area contributed by atoms with Gasteiger partial charge in [0.2, 0.25) is 5.89 Å². The van der Waals surface area contributed by atoms with Crippen LogP contribution in [0.3, 0.4) is 0 Å². The lowest BCUT2D eigenvalue weighted by Gasteiger charge is -2.30. The normalized spacial score (nSPS) is 14.4. The zero-order chi connectivity index (χ0) is 18.1. The average Bonchev–Trinajstić information content (AvgIpc) is 3.09. The molecule has 5 nitrogen and oxygen atoms in total. The number of aryl methyl sites for hydroxylation is 2.